The summed E-state index contributed by atoms with van der Waals surface area (Å²) in [7, 11) is 0. The molecule has 0 aromatic heterocycles. The fourth-order valence-electron chi connectivity index (χ4n) is 1.72. The van der Waals surface area contributed by atoms with Crippen molar-refractivity contribution in [3.8, 4) is 0 Å². The van der Waals surface area contributed by atoms with E-state index in [2.05, 4.69) is 0 Å². The number of primary amides is 2. The van der Waals surface area contributed by atoms with Crippen molar-refractivity contribution in [3.05, 3.63) is 0 Å². The van der Waals surface area contributed by atoms with Gasteiger partial charge in [-0.25, -0.2) is 0 Å². The van der Waals surface area contributed by atoms with Gasteiger partial charge in [0.15, 0.2) is 12.4 Å². The Morgan fingerprint density at radius 2 is 1.79 bits per heavy atom. The number of carbonyl (C=O) groups is 2. The predicted molar refractivity (Wildman–Crippen MR) is 60.2 cm³/mol. The summed E-state index contributed by atoms with van der Waals surface area (Å²) < 4.78 is 10.0. The summed E-state index contributed by atoms with van der Waals surface area (Å²) in [5.74, 6) is -1.81. The van der Waals surface area contributed by atoms with Crippen LogP contribution < -0.4 is 11.5 Å². The molecule has 9 heteroatoms. The lowest BCUT2D eigenvalue weighted by atomic mass is 9.98. The van der Waals surface area contributed by atoms with E-state index in [1.807, 2.05) is 0 Å². The molecule has 0 aromatic carbocycles. The van der Waals surface area contributed by atoms with E-state index in [4.69, 9.17) is 20.9 Å². The first kappa shape index (κ1) is 15.8. The van der Waals surface area contributed by atoms with Crippen molar-refractivity contribution >= 4 is 11.8 Å². The van der Waals surface area contributed by atoms with Gasteiger partial charge >= 0.3 is 0 Å². The summed E-state index contributed by atoms with van der Waals surface area (Å²) in [6, 6.07) is 0. The van der Waals surface area contributed by atoms with Crippen LogP contribution in [0.5, 0.6) is 0 Å². The third kappa shape index (κ3) is 3.39. The Morgan fingerprint density at radius 3 is 2.21 bits per heavy atom. The molecule has 1 rings (SSSR count). The zero-order valence-electron chi connectivity index (χ0n) is 10.3. The summed E-state index contributed by atoms with van der Waals surface area (Å²) in [6.45, 7) is 1.61. The number of hydrogen-bond donors (Lipinski definition) is 5. The van der Waals surface area contributed by atoms with Crippen LogP contribution in [0.25, 0.3) is 0 Å². The third-order valence-corrected chi connectivity index (χ3v) is 2.84. The SMILES string of the molecule is CCC(O[C@H]1OC(C(N)=O)[C@H](O)C(O)[C@@H]1O)C(N)=O. The number of nitrogens with two attached hydrogens (primary N) is 2. The van der Waals surface area contributed by atoms with Gasteiger partial charge in [-0.1, -0.05) is 6.92 Å². The summed E-state index contributed by atoms with van der Waals surface area (Å²) in [5.41, 5.74) is 10.0. The van der Waals surface area contributed by atoms with Gasteiger partial charge in [0.2, 0.25) is 11.8 Å². The van der Waals surface area contributed by atoms with Crippen LogP contribution in [0.3, 0.4) is 0 Å². The Bertz CT molecular complexity index is 349. The van der Waals surface area contributed by atoms with Crippen molar-refractivity contribution in [2.75, 3.05) is 0 Å². The van der Waals surface area contributed by atoms with Crippen LogP contribution in [0.15, 0.2) is 0 Å². The molecular formula is C10H18N2O7. The van der Waals surface area contributed by atoms with Crippen molar-refractivity contribution in [1.82, 2.24) is 0 Å². The third-order valence-electron chi connectivity index (χ3n) is 2.84. The lowest BCUT2D eigenvalue weighted by Gasteiger charge is -2.39. The molecule has 19 heavy (non-hydrogen) atoms. The molecule has 1 fully saturated rings. The van der Waals surface area contributed by atoms with E-state index in [0.717, 1.165) is 0 Å². The number of rotatable bonds is 5. The van der Waals surface area contributed by atoms with Gasteiger partial charge in [0.1, 0.15) is 24.4 Å². The number of aliphatic hydroxyl groups is 3. The number of aliphatic hydroxyl groups excluding tert-OH is 3. The van der Waals surface area contributed by atoms with Crippen LogP contribution in [-0.2, 0) is 19.1 Å². The van der Waals surface area contributed by atoms with E-state index in [-0.39, 0.29) is 6.42 Å². The van der Waals surface area contributed by atoms with Crippen molar-refractivity contribution in [2.24, 2.45) is 11.5 Å². The van der Waals surface area contributed by atoms with Crippen LogP contribution in [0, 0.1) is 0 Å². The van der Waals surface area contributed by atoms with E-state index < -0.39 is 48.6 Å². The zero-order valence-corrected chi connectivity index (χ0v) is 10.3. The quantitative estimate of drug-likeness (QED) is 0.349. The molecule has 1 aliphatic heterocycles. The van der Waals surface area contributed by atoms with Crippen molar-refractivity contribution in [1.29, 1.82) is 0 Å². The molecule has 2 amide bonds. The lowest BCUT2D eigenvalue weighted by molar-refractivity contribution is -0.298. The highest BCUT2D eigenvalue weighted by molar-refractivity contribution is 5.80. The normalized spacial score (nSPS) is 36.7. The second-order valence-electron chi connectivity index (χ2n) is 4.23. The van der Waals surface area contributed by atoms with E-state index >= 15 is 0 Å². The van der Waals surface area contributed by atoms with Crippen LogP contribution in [0.1, 0.15) is 13.3 Å². The summed E-state index contributed by atoms with van der Waals surface area (Å²) >= 11 is 0. The minimum atomic E-state index is -1.69. The van der Waals surface area contributed by atoms with E-state index in [1.54, 1.807) is 6.92 Å². The molecule has 0 aliphatic carbocycles. The Hall–Kier alpha value is -1.26. The van der Waals surface area contributed by atoms with E-state index in [9.17, 15) is 24.9 Å². The van der Waals surface area contributed by atoms with Crippen molar-refractivity contribution in [3.63, 3.8) is 0 Å². The maximum atomic E-state index is 11.0. The molecule has 1 aliphatic rings. The van der Waals surface area contributed by atoms with E-state index in [0.29, 0.717) is 0 Å². The highest BCUT2D eigenvalue weighted by Gasteiger charge is 2.47. The molecule has 7 N–H and O–H groups in total. The van der Waals surface area contributed by atoms with Gasteiger partial charge in [-0.2, -0.15) is 0 Å². The monoisotopic (exact) mass is 278 g/mol. The fourth-order valence-corrected chi connectivity index (χ4v) is 1.72. The fraction of sp³-hybridized carbons (Fsp3) is 0.800. The highest BCUT2D eigenvalue weighted by Crippen LogP contribution is 2.23. The molecule has 110 valence electrons. The molecule has 3 unspecified atom stereocenters. The Morgan fingerprint density at radius 1 is 1.21 bits per heavy atom. The maximum Gasteiger partial charge on any atom is 0.249 e. The van der Waals surface area contributed by atoms with Gasteiger partial charge < -0.3 is 36.3 Å². The smallest absolute Gasteiger partial charge is 0.249 e. The average molecular weight is 278 g/mol. The maximum absolute atomic E-state index is 11.0. The molecule has 0 saturated carbocycles. The molecule has 1 saturated heterocycles. The highest BCUT2D eigenvalue weighted by atomic mass is 16.7. The summed E-state index contributed by atoms with van der Waals surface area (Å²) in [5, 5.41) is 28.8. The number of hydrogen-bond acceptors (Lipinski definition) is 7. The van der Waals surface area contributed by atoms with Crippen LogP contribution in [0.4, 0.5) is 0 Å². The first-order valence-electron chi connectivity index (χ1n) is 5.73. The Labute approximate surface area is 109 Å². The molecule has 0 radical (unpaired) electrons. The van der Waals surface area contributed by atoms with Crippen LogP contribution >= 0.6 is 0 Å². The minimum absolute atomic E-state index is 0.210. The summed E-state index contributed by atoms with van der Waals surface area (Å²) in [4.78, 5) is 22.1. The molecule has 9 nitrogen and oxygen atoms in total. The van der Waals surface area contributed by atoms with Crippen molar-refractivity contribution < 1.29 is 34.4 Å². The minimum Gasteiger partial charge on any atom is -0.387 e. The first-order chi connectivity index (χ1) is 8.79. The number of amides is 2. The second kappa shape index (κ2) is 6.26. The Balaban J connectivity index is 2.82. The first-order valence-corrected chi connectivity index (χ1v) is 5.73. The molecule has 0 aromatic rings. The number of carbonyl (C=O) groups excluding carboxylic acids is 2. The largest absolute Gasteiger partial charge is 0.387 e. The summed E-state index contributed by atoms with van der Waals surface area (Å²) in [6.07, 6.45) is -8.90. The molecule has 1 heterocycles. The van der Waals surface area contributed by atoms with Gasteiger partial charge in [-0.3, -0.25) is 9.59 Å². The lowest BCUT2D eigenvalue weighted by Crippen LogP contribution is -2.62. The average Bonchev–Trinajstić information content (AvgIpc) is 2.34. The van der Waals surface area contributed by atoms with Crippen LogP contribution in [0.2, 0.25) is 0 Å². The van der Waals surface area contributed by atoms with E-state index in [1.165, 1.54) is 0 Å². The van der Waals surface area contributed by atoms with Crippen LogP contribution in [-0.4, -0.2) is 63.9 Å². The molecule has 0 spiro atoms. The molecule has 6 atom stereocenters. The van der Waals surface area contributed by atoms with Gasteiger partial charge in [0.05, 0.1) is 0 Å². The van der Waals surface area contributed by atoms with Gasteiger partial charge in [0.25, 0.3) is 0 Å². The molecule has 0 bridgehead atoms. The number of ether oxygens (including phenoxy) is 2. The van der Waals surface area contributed by atoms with Gasteiger partial charge in [-0.15, -0.1) is 0 Å². The predicted octanol–water partition coefficient (Wildman–Crippen LogP) is -3.44. The standard InChI is InChI=1S/C10H18N2O7/c1-2-3(8(11)16)18-10-6(15)4(13)5(14)7(19-10)9(12)17/h3-7,10,13-15H,2H2,1H3,(H2,11,16)(H2,12,17)/t3?,4?,5-,6+,7?,10+/m1/s1. The Kier molecular flexibility index (Phi) is 5.20. The van der Waals surface area contributed by atoms with Crippen molar-refractivity contribution in [2.45, 2.75) is 50.2 Å². The molecular weight excluding hydrogens is 260 g/mol. The second-order valence-corrected chi connectivity index (χ2v) is 4.23. The van der Waals surface area contributed by atoms with Gasteiger partial charge in [0, 0.05) is 0 Å². The topological polar surface area (TPSA) is 165 Å². The van der Waals surface area contributed by atoms with Gasteiger partial charge in [-0.05, 0) is 6.42 Å². The zero-order chi connectivity index (χ0) is 14.7.